The molecule has 0 heterocycles. The summed E-state index contributed by atoms with van der Waals surface area (Å²) in [6.45, 7) is 0. The summed E-state index contributed by atoms with van der Waals surface area (Å²) >= 11 is 11.5. The van der Waals surface area contributed by atoms with Crippen LogP contribution in [0.4, 0.5) is 4.39 Å². The highest BCUT2D eigenvalue weighted by Gasteiger charge is 2.41. The van der Waals surface area contributed by atoms with Crippen LogP contribution in [0.1, 0.15) is 18.4 Å². The van der Waals surface area contributed by atoms with Gasteiger partial charge in [0.1, 0.15) is 5.82 Å². The van der Waals surface area contributed by atoms with Gasteiger partial charge in [-0.15, -0.1) is 11.6 Å². The molecule has 1 fully saturated rings. The number of hydrogen-bond acceptors (Lipinski definition) is 0. The molecule has 76 valence electrons. The van der Waals surface area contributed by atoms with E-state index in [-0.39, 0.29) is 16.3 Å². The smallest absolute Gasteiger partial charge is 0.142 e. The summed E-state index contributed by atoms with van der Waals surface area (Å²) in [5.41, 5.74) is 1.23. The quantitative estimate of drug-likeness (QED) is 0.691. The Morgan fingerprint density at radius 3 is 2.57 bits per heavy atom. The highest BCUT2D eigenvalue weighted by atomic mass is 35.5. The zero-order chi connectivity index (χ0) is 10.2. The van der Waals surface area contributed by atoms with Crippen LogP contribution in [-0.4, -0.2) is 5.88 Å². The van der Waals surface area contributed by atoms with E-state index in [0.717, 1.165) is 24.8 Å². The predicted octanol–water partition coefficient (Wildman–Crippen LogP) is 4.04. The molecule has 0 radical (unpaired) electrons. The van der Waals surface area contributed by atoms with Crippen molar-refractivity contribution in [3.8, 4) is 0 Å². The van der Waals surface area contributed by atoms with Gasteiger partial charge in [-0.3, -0.25) is 0 Å². The molecule has 0 aromatic heterocycles. The second-order valence-corrected chi connectivity index (χ2v) is 4.73. The average Bonchev–Trinajstić information content (AvgIpc) is 2.93. The highest BCUT2D eigenvalue weighted by molar-refractivity contribution is 6.30. The minimum Gasteiger partial charge on any atom is -0.205 e. The van der Waals surface area contributed by atoms with Crippen molar-refractivity contribution in [2.24, 2.45) is 5.41 Å². The maximum Gasteiger partial charge on any atom is 0.142 e. The van der Waals surface area contributed by atoms with Crippen LogP contribution in [0.15, 0.2) is 18.2 Å². The molecule has 0 spiro atoms. The molecule has 0 atom stereocenters. The first-order chi connectivity index (χ1) is 6.65. The molecule has 0 unspecified atom stereocenters. The van der Waals surface area contributed by atoms with E-state index in [4.69, 9.17) is 23.2 Å². The average molecular weight is 233 g/mol. The van der Waals surface area contributed by atoms with Crippen molar-refractivity contribution >= 4 is 23.2 Å². The maximum atomic E-state index is 13.1. The molecule has 0 amide bonds. The molecule has 2 rings (SSSR count). The van der Waals surface area contributed by atoms with Gasteiger partial charge in [-0.05, 0) is 42.4 Å². The highest BCUT2D eigenvalue weighted by Crippen LogP contribution is 2.49. The third kappa shape index (κ3) is 2.04. The molecule has 1 aromatic rings. The third-order valence-corrected chi connectivity index (χ3v) is 3.68. The number of halogens is 3. The van der Waals surface area contributed by atoms with Gasteiger partial charge in [0.2, 0.25) is 0 Å². The zero-order valence-corrected chi connectivity index (χ0v) is 9.21. The summed E-state index contributed by atoms with van der Waals surface area (Å²) in [5.74, 6) is 0.326. The Morgan fingerprint density at radius 1 is 1.36 bits per heavy atom. The molecular formula is C11H11Cl2F. The van der Waals surface area contributed by atoms with Crippen molar-refractivity contribution < 1.29 is 4.39 Å². The van der Waals surface area contributed by atoms with Crippen molar-refractivity contribution in [2.45, 2.75) is 19.3 Å². The van der Waals surface area contributed by atoms with Crippen LogP contribution >= 0.6 is 23.2 Å². The van der Waals surface area contributed by atoms with Crippen molar-refractivity contribution in [1.82, 2.24) is 0 Å². The SMILES string of the molecule is Fc1cc(CC2(CCl)CC2)ccc1Cl. The van der Waals surface area contributed by atoms with E-state index in [0.29, 0.717) is 5.88 Å². The Balaban J connectivity index is 2.14. The normalized spacial score (nSPS) is 18.2. The standard InChI is InChI=1S/C11H11Cl2F/c12-7-11(3-4-11)6-8-1-2-9(13)10(14)5-8/h1-2,5H,3-4,6-7H2. The minimum absolute atomic E-state index is 0.185. The number of benzene rings is 1. The van der Waals surface area contributed by atoms with Gasteiger partial charge in [0.15, 0.2) is 0 Å². The molecule has 0 nitrogen and oxygen atoms in total. The fraction of sp³-hybridized carbons (Fsp3) is 0.455. The molecule has 1 aliphatic carbocycles. The third-order valence-electron chi connectivity index (χ3n) is 2.80. The monoisotopic (exact) mass is 232 g/mol. The summed E-state index contributed by atoms with van der Waals surface area (Å²) < 4.78 is 13.1. The zero-order valence-electron chi connectivity index (χ0n) is 7.69. The summed E-state index contributed by atoms with van der Waals surface area (Å²) in [7, 11) is 0. The molecule has 0 saturated heterocycles. The topological polar surface area (TPSA) is 0 Å². The first-order valence-corrected chi connectivity index (χ1v) is 5.56. The van der Waals surface area contributed by atoms with E-state index in [1.807, 2.05) is 6.07 Å². The van der Waals surface area contributed by atoms with Crippen LogP contribution in [0.25, 0.3) is 0 Å². The van der Waals surface area contributed by atoms with E-state index in [1.165, 1.54) is 6.07 Å². The van der Waals surface area contributed by atoms with Crippen molar-refractivity contribution in [2.75, 3.05) is 5.88 Å². The number of hydrogen-bond donors (Lipinski definition) is 0. The van der Waals surface area contributed by atoms with E-state index >= 15 is 0 Å². The van der Waals surface area contributed by atoms with Crippen LogP contribution in [0.5, 0.6) is 0 Å². The first kappa shape index (κ1) is 10.3. The van der Waals surface area contributed by atoms with Gasteiger partial charge in [-0.2, -0.15) is 0 Å². The molecular weight excluding hydrogens is 222 g/mol. The summed E-state index contributed by atoms with van der Waals surface area (Å²) in [5, 5.41) is 0.185. The molecule has 0 bridgehead atoms. The fourth-order valence-electron chi connectivity index (χ4n) is 1.62. The second-order valence-electron chi connectivity index (χ2n) is 4.06. The van der Waals surface area contributed by atoms with Gasteiger partial charge in [-0.1, -0.05) is 17.7 Å². The first-order valence-electron chi connectivity index (χ1n) is 4.65. The Labute approximate surface area is 93.0 Å². The van der Waals surface area contributed by atoms with Crippen LogP contribution in [0, 0.1) is 11.2 Å². The lowest BCUT2D eigenvalue weighted by atomic mass is 9.98. The Hall–Kier alpha value is -0.270. The molecule has 14 heavy (non-hydrogen) atoms. The van der Waals surface area contributed by atoms with Crippen LogP contribution in [0.2, 0.25) is 5.02 Å². The van der Waals surface area contributed by atoms with Crippen molar-refractivity contribution in [1.29, 1.82) is 0 Å². The molecule has 1 saturated carbocycles. The molecule has 3 heteroatoms. The predicted molar refractivity (Wildman–Crippen MR) is 57.5 cm³/mol. The Kier molecular flexibility index (Phi) is 2.72. The van der Waals surface area contributed by atoms with Crippen LogP contribution in [-0.2, 0) is 6.42 Å². The lowest BCUT2D eigenvalue weighted by Crippen LogP contribution is -2.06. The Morgan fingerprint density at radius 2 is 2.07 bits per heavy atom. The molecule has 0 aliphatic heterocycles. The van der Waals surface area contributed by atoms with E-state index in [2.05, 4.69) is 0 Å². The number of rotatable bonds is 3. The summed E-state index contributed by atoms with van der Waals surface area (Å²) in [6, 6.07) is 4.99. The molecule has 1 aromatic carbocycles. The van der Waals surface area contributed by atoms with Gasteiger partial charge in [0, 0.05) is 5.88 Å². The van der Waals surface area contributed by atoms with E-state index in [9.17, 15) is 4.39 Å². The van der Waals surface area contributed by atoms with Gasteiger partial charge < -0.3 is 0 Å². The second kappa shape index (κ2) is 3.71. The lowest BCUT2D eigenvalue weighted by Gasteiger charge is -2.10. The summed E-state index contributed by atoms with van der Waals surface area (Å²) in [4.78, 5) is 0. The van der Waals surface area contributed by atoms with Gasteiger partial charge in [-0.25, -0.2) is 4.39 Å². The lowest BCUT2D eigenvalue weighted by molar-refractivity contribution is 0.571. The van der Waals surface area contributed by atoms with Gasteiger partial charge in [0.25, 0.3) is 0 Å². The van der Waals surface area contributed by atoms with Crippen molar-refractivity contribution in [3.63, 3.8) is 0 Å². The van der Waals surface area contributed by atoms with E-state index in [1.54, 1.807) is 6.07 Å². The minimum atomic E-state index is -0.338. The summed E-state index contributed by atoms with van der Waals surface area (Å²) in [6.07, 6.45) is 3.17. The number of alkyl halides is 1. The molecule has 0 N–H and O–H groups in total. The maximum absolute atomic E-state index is 13.1. The van der Waals surface area contributed by atoms with Crippen molar-refractivity contribution in [3.05, 3.63) is 34.6 Å². The largest absolute Gasteiger partial charge is 0.205 e. The van der Waals surface area contributed by atoms with Crippen LogP contribution < -0.4 is 0 Å². The van der Waals surface area contributed by atoms with E-state index < -0.39 is 0 Å². The van der Waals surface area contributed by atoms with Gasteiger partial charge >= 0.3 is 0 Å². The van der Waals surface area contributed by atoms with Crippen LogP contribution in [0.3, 0.4) is 0 Å². The fourth-order valence-corrected chi connectivity index (χ4v) is 2.10. The molecule has 1 aliphatic rings. The van der Waals surface area contributed by atoms with Gasteiger partial charge in [0.05, 0.1) is 5.02 Å². The Bertz CT molecular complexity index is 345.